The van der Waals surface area contributed by atoms with Gasteiger partial charge in [0.2, 0.25) is 9.84 Å². The van der Waals surface area contributed by atoms with E-state index in [4.69, 9.17) is 9.47 Å². The summed E-state index contributed by atoms with van der Waals surface area (Å²) in [7, 11) is -3.90. The van der Waals surface area contributed by atoms with Crippen molar-refractivity contribution in [2.24, 2.45) is 0 Å². The highest BCUT2D eigenvalue weighted by molar-refractivity contribution is 7.91. The summed E-state index contributed by atoms with van der Waals surface area (Å²) in [4.78, 5) is 2.48. The average Bonchev–Trinajstić information content (AvgIpc) is 3.28. The first-order valence-electron chi connectivity index (χ1n) is 10.8. The Morgan fingerprint density at radius 3 is 2.66 bits per heavy atom. The number of likely N-dealkylation sites (N-methyl/N-ethyl adjacent to an activating group) is 1. The van der Waals surface area contributed by atoms with Crippen molar-refractivity contribution in [2.45, 2.75) is 29.9 Å². The number of aromatic nitrogens is 2. The molecule has 7 nitrogen and oxygen atoms in total. The van der Waals surface area contributed by atoms with Gasteiger partial charge in [-0.1, -0.05) is 50.2 Å². The summed E-state index contributed by atoms with van der Waals surface area (Å²) >= 11 is 0. The lowest BCUT2D eigenvalue weighted by Gasteiger charge is -2.30. The van der Waals surface area contributed by atoms with Crippen LogP contribution in [-0.4, -0.2) is 55.9 Å². The molecule has 1 N–H and O–H groups in total. The SMILES string of the molecule is CCN(CC)C[C@H]1COc2ccc3n[nH]c(S(=O)(=O)c4cccc5ccccc45)c3c2O1. The molecular formula is C24H25N3O4S. The second-order valence-electron chi connectivity index (χ2n) is 7.86. The van der Waals surface area contributed by atoms with Crippen molar-refractivity contribution in [3.63, 3.8) is 0 Å². The van der Waals surface area contributed by atoms with E-state index >= 15 is 0 Å². The second-order valence-corrected chi connectivity index (χ2v) is 9.71. The van der Waals surface area contributed by atoms with Gasteiger partial charge >= 0.3 is 0 Å². The van der Waals surface area contributed by atoms with Crippen LogP contribution in [0.2, 0.25) is 0 Å². The number of nitrogens with one attached hydrogen (secondary N) is 1. The van der Waals surface area contributed by atoms with Gasteiger partial charge in [0.1, 0.15) is 12.7 Å². The van der Waals surface area contributed by atoms with Gasteiger partial charge in [-0.2, -0.15) is 5.10 Å². The van der Waals surface area contributed by atoms with Crippen LogP contribution in [0.5, 0.6) is 11.5 Å². The highest BCUT2D eigenvalue weighted by Crippen LogP contribution is 2.42. The Bertz CT molecular complexity index is 1390. The lowest BCUT2D eigenvalue weighted by atomic mass is 10.1. The Labute approximate surface area is 186 Å². The number of fused-ring (bicyclic) bond motifs is 4. The topological polar surface area (TPSA) is 84.5 Å². The fourth-order valence-electron chi connectivity index (χ4n) is 4.24. The summed E-state index contributed by atoms with van der Waals surface area (Å²) in [5.41, 5.74) is 0.523. The van der Waals surface area contributed by atoms with Crippen molar-refractivity contribution in [2.75, 3.05) is 26.2 Å². The van der Waals surface area contributed by atoms with E-state index < -0.39 is 9.84 Å². The van der Waals surface area contributed by atoms with Gasteiger partial charge in [-0.3, -0.25) is 5.10 Å². The maximum Gasteiger partial charge on any atom is 0.224 e. The van der Waals surface area contributed by atoms with Gasteiger partial charge in [-0.25, -0.2) is 8.42 Å². The van der Waals surface area contributed by atoms with Crippen molar-refractivity contribution in [3.8, 4) is 11.5 Å². The number of hydrogen-bond donors (Lipinski definition) is 1. The molecule has 166 valence electrons. The van der Waals surface area contributed by atoms with Crippen LogP contribution in [0.25, 0.3) is 21.7 Å². The van der Waals surface area contributed by atoms with Crippen molar-refractivity contribution in [1.82, 2.24) is 15.1 Å². The molecule has 0 spiro atoms. The molecule has 1 aliphatic rings. The smallest absolute Gasteiger partial charge is 0.224 e. The maximum atomic E-state index is 13.8. The average molecular weight is 452 g/mol. The summed E-state index contributed by atoms with van der Waals surface area (Å²) in [6.45, 7) is 7.12. The molecule has 1 atom stereocenters. The van der Waals surface area contributed by atoms with Crippen molar-refractivity contribution in [3.05, 3.63) is 54.6 Å². The number of ether oxygens (including phenoxy) is 2. The van der Waals surface area contributed by atoms with Crippen LogP contribution in [0, 0.1) is 0 Å². The molecule has 5 rings (SSSR count). The van der Waals surface area contributed by atoms with Gasteiger partial charge in [-0.15, -0.1) is 0 Å². The minimum Gasteiger partial charge on any atom is -0.486 e. The minimum atomic E-state index is -3.90. The Morgan fingerprint density at radius 1 is 1.06 bits per heavy atom. The summed E-state index contributed by atoms with van der Waals surface area (Å²) in [5, 5.41) is 9.00. The zero-order chi connectivity index (χ0) is 22.3. The van der Waals surface area contributed by atoms with Crippen LogP contribution in [-0.2, 0) is 9.84 Å². The molecule has 0 radical (unpaired) electrons. The minimum absolute atomic E-state index is 0.0211. The summed E-state index contributed by atoms with van der Waals surface area (Å²) in [6.07, 6.45) is -0.198. The Kier molecular flexibility index (Phi) is 5.27. The predicted octanol–water partition coefficient (Wildman–Crippen LogP) is 4.03. The monoisotopic (exact) mass is 451 g/mol. The van der Waals surface area contributed by atoms with Gasteiger partial charge in [0.25, 0.3) is 0 Å². The van der Waals surface area contributed by atoms with Crippen LogP contribution in [0.1, 0.15) is 13.8 Å². The standard InChI is InChI=1S/C24H25N3O4S/c1-3-27(4-2)14-17-15-30-20-13-12-19-22(23(20)31-17)24(26-25-19)32(28,29)21-11-7-9-16-8-5-6-10-18(16)21/h5-13,17H,3-4,14-15H2,1-2H3,(H,25,26)/t17-/m0/s1. The zero-order valence-electron chi connectivity index (χ0n) is 18.0. The fourth-order valence-corrected chi connectivity index (χ4v) is 5.83. The predicted molar refractivity (Wildman–Crippen MR) is 123 cm³/mol. The fraction of sp³-hybridized carbons (Fsp3) is 0.292. The molecule has 1 aromatic heterocycles. The van der Waals surface area contributed by atoms with Gasteiger partial charge in [0, 0.05) is 11.9 Å². The highest BCUT2D eigenvalue weighted by Gasteiger charge is 2.31. The maximum absolute atomic E-state index is 13.8. The molecule has 0 saturated carbocycles. The van der Waals surface area contributed by atoms with E-state index in [1.54, 1.807) is 24.3 Å². The van der Waals surface area contributed by atoms with Crippen LogP contribution < -0.4 is 9.47 Å². The quantitative estimate of drug-likeness (QED) is 0.476. The summed E-state index contributed by atoms with van der Waals surface area (Å²) < 4.78 is 39.8. The van der Waals surface area contributed by atoms with Crippen molar-refractivity contribution < 1.29 is 17.9 Å². The Morgan fingerprint density at radius 2 is 1.84 bits per heavy atom. The van der Waals surface area contributed by atoms with Crippen LogP contribution >= 0.6 is 0 Å². The van der Waals surface area contributed by atoms with E-state index in [1.807, 2.05) is 30.3 Å². The molecule has 0 aliphatic carbocycles. The van der Waals surface area contributed by atoms with E-state index in [1.165, 1.54) is 0 Å². The van der Waals surface area contributed by atoms with E-state index in [0.29, 0.717) is 40.9 Å². The molecule has 32 heavy (non-hydrogen) atoms. The van der Waals surface area contributed by atoms with Crippen LogP contribution in [0.15, 0.2) is 64.5 Å². The van der Waals surface area contributed by atoms with Gasteiger partial charge < -0.3 is 14.4 Å². The molecule has 1 aliphatic heterocycles. The van der Waals surface area contributed by atoms with E-state index in [-0.39, 0.29) is 16.0 Å². The van der Waals surface area contributed by atoms with Crippen LogP contribution in [0.4, 0.5) is 0 Å². The molecule has 0 saturated heterocycles. The molecule has 8 heteroatoms. The number of rotatable bonds is 6. The third kappa shape index (κ3) is 3.40. The lowest BCUT2D eigenvalue weighted by molar-refractivity contribution is 0.0631. The molecular weight excluding hydrogens is 426 g/mol. The van der Waals surface area contributed by atoms with E-state index in [0.717, 1.165) is 18.5 Å². The van der Waals surface area contributed by atoms with Gasteiger partial charge in [-0.05, 0) is 36.7 Å². The Balaban J connectivity index is 1.64. The molecule has 0 amide bonds. The first kappa shape index (κ1) is 20.8. The zero-order valence-corrected chi connectivity index (χ0v) is 18.9. The first-order chi connectivity index (χ1) is 15.5. The largest absolute Gasteiger partial charge is 0.486 e. The van der Waals surface area contributed by atoms with E-state index in [9.17, 15) is 8.42 Å². The number of nitrogens with zero attached hydrogens (tertiary/aromatic N) is 2. The van der Waals surface area contributed by atoms with E-state index in [2.05, 4.69) is 28.9 Å². The lowest BCUT2D eigenvalue weighted by Crippen LogP contribution is -2.40. The summed E-state index contributed by atoms with van der Waals surface area (Å²) in [5.74, 6) is 0.961. The molecule has 2 heterocycles. The number of benzene rings is 3. The Hall–Kier alpha value is -3.10. The number of H-pyrrole nitrogens is 1. The molecule has 0 bridgehead atoms. The summed E-state index contributed by atoms with van der Waals surface area (Å²) in [6, 6.07) is 16.2. The third-order valence-electron chi connectivity index (χ3n) is 5.98. The van der Waals surface area contributed by atoms with Crippen LogP contribution in [0.3, 0.4) is 0 Å². The number of aromatic amines is 1. The van der Waals surface area contributed by atoms with Crippen molar-refractivity contribution >= 4 is 31.5 Å². The normalized spacial score (nSPS) is 16.2. The number of hydrogen-bond acceptors (Lipinski definition) is 6. The molecule has 0 fully saturated rings. The van der Waals surface area contributed by atoms with Gasteiger partial charge in [0.05, 0.1) is 15.8 Å². The third-order valence-corrected chi connectivity index (χ3v) is 7.75. The van der Waals surface area contributed by atoms with Crippen molar-refractivity contribution in [1.29, 1.82) is 0 Å². The number of sulfone groups is 1. The second kappa shape index (κ2) is 8.11. The molecule has 4 aromatic rings. The highest BCUT2D eigenvalue weighted by atomic mass is 32.2. The molecule has 0 unspecified atom stereocenters. The first-order valence-corrected chi connectivity index (χ1v) is 12.3. The van der Waals surface area contributed by atoms with Gasteiger partial charge in [0.15, 0.2) is 16.5 Å². The molecule has 3 aromatic carbocycles.